The van der Waals surface area contributed by atoms with Crippen LogP contribution in [0.15, 0.2) is 30.3 Å². The van der Waals surface area contributed by atoms with Crippen molar-refractivity contribution in [3.05, 3.63) is 35.9 Å². The SMILES string of the molecule is CC(C)(C)CC[C@@H](C(=O)O)N1CC(COCc2ccccc2)CC1=O. The summed E-state index contributed by atoms with van der Waals surface area (Å²) in [5.74, 6) is -0.925. The molecule has 2 atom stereocenters. The summed E-state index contributed by atoms with van der Waals surface area (Å²) in [5, 5.41) is 9.53. The summed E-state index contributed by atoms with van der Waals surface area (Å²) in [6.07, 6.45) is 1.62. The normalized spacial score (nSPS) is 19.2. The van der Waals surface area contributed by atoms with Crippen molar-refractivity contribution < 1.29 is 19.4 Å². The summed E-state index contributed by atoms with van der Waals surface area (Å²) in [4.78, 5) is 25.5. The van der Waals surface area contributed by atoms with E-state index in [9.17, 15) is 14.7 Å². The fraction of sp³-hybridized carbons (Fsp3) is 0.600. The molecule has 1 aliphatic rings. The number of likely N-dealkylation sites (tertiary alicyclic amines) is 1. The monoisotopic (exact) mass is 347 g/mol. The first-order valence-corrected chi connectivity index (χ1v) is 8.90. The molecular weight excluding hydrogens is 318 g/mol. The molecule has 0 aromatic heterocycles. The van der Waals surface area contributed by atoms with Crippen molar-refractivity contribution >= 4 is 11.9 Å². The summed E-state index contributed by atoms with van der Waals surface area (Å²) in [5.41, 5.74) is 1.14. The maximum absolute atomic E-state index is 12.3. The van der Waals surface area contributed by atoms with E-state index in [2.05, 4.69) is 20.8 Å². The van der Waals surface area contributed by atoms with Crippen LogP contribution in [0, 0.1) is 11.3 Å². The van der Waals surface area contributed by atoms with Gasteiger partial charge in [0.15, 0.2) is 0 Å². The number of aliphatic carboxylic acids is 1. The molecule has 1 heterocycles. The third-order valence-electron chi connectivity index (χ3n) is 4.53. The van der Waals surface area contributed by atoms with Crippen LogP contribution in [0.25, 0.3) is 0 Å². The molecule has 1 fully saturated rings. The third-order valence-corrected chi connectivity index (χ3v) is 4.53. The topological polar surface area (TPSA) is 66.8 Å². The molecule has 5 heteroatoms. The maximum Gasteiger partial charge on any atom is 0.326 e. The number of hydrogen-bond acceptors (Lipinski definition) is 3. The van der Waals surface area contributed by atoms with E-state index in [1.54, 1.807) is 0 Å². The highest BCUT2D eigenvalue weighted by Crippen LogP contribution is 2.27. The molecule has 5 nitrogen and oxygen atoms in total. The lowest BCUT2D eigenvalue weighted by Gasteiger charge is -2.27. The number of carbonyl (C=O) groups is 2. The predicted molar refractivity (Wildman–Crippen MR) is 96.0 cm³/mol. The Morgan fingerprint density at radius 2 is 2.00 bits per heavy atom. The van der Waals surface area contributed by atoms with Gasteiger partial charge in [0.1, 0.15) is 6.04 Å². The first kappa shape index (κ1) is 19.4. The van der Waals surface area contributed by atoms with Gasteiger partial charge in [-0.2, -0.15) is 0 Å². The zero-order valence-corrected chi connectivity index (χ0v) is 15.4. The van der Waals surface area contributed by atoms with Gasteiger partial charge in [0.2, 0.25) is 5.91 Å². The molecule has 1 amide bonds. The van der Waals surface area contributed by atoms with Crippen LogP contribution in [0.2, 0.25) is 0 Å². The van der Waals surface area contributed by atoms with E-state index in [1.165, 1.54) is 4.90 Å². The molecule has 2 rings (SSSR count). The van der Waals surface area contributed by atoms with E-state index < -0.39 is 12.0 Å². The van der Waals surface area contributed by atoms with Gasteiger partial charge >= 0.3 is 5.97 Å². The van der Waals surface area contributed by atoms with Crippen molar-refractivity contribution in [3.8, 4) is 0 Å². The summed E-state index contributed by atoms with van der Waals surface area (Å²) < 4.78 is 5.73. The van der Waals surface area contributed by atoms with Crippen LogP contribution in [0.3, 0.4) is 0 Å². The number of benzene rings is 1. The highest BCUT2D eigenvalue weighted by molar-refractivity contribution is 5.85. The van der Waals surface area contributed by atoms with Crippen molar-refractivity contribution in [3.63, 3.8) is 0 Å². The Morgan fingerprint density at radius 1 is 1.32 bits per heavy atom. The first-order valence-electron chi connectivity index (χ1n) is 8.90. The molecule has 1 unspecified atom stereocenters. The van der Waals surface area contributed by atoms with E-state index in [-0.39, 0.29) is 17.2 Å². The highest BCUT2D eigenvalue weighted by atomic mass is 16.5. The number of nitrogens with zero attached hydrogens (tertiary/aromatic N) is 1. The molecule has 1 aromatic rings. The molecule has 138 valence electrons. The summed E-state index contributed by atoms with van der Waals surface area (Å²) in [6, 6.07) is 9.16. The van der Waals surface area contributed by atoms with Gasteiger partial charge in [-0.05, 0) is 23.8 Å². The maximum atomic E-state index is 12.3. The fourth-order valence-corrected chi connectivity index (χ4v) is 3.12. The average Bonchev–Trinajstić information content (AvgIpc) is 2.88. The second-order valence-electron chi connectivity index (χ2n) is 8.07. The zero-order valence-electron chi connectivity index (χ0n) is 15.4. The lowest BCUT2D eigenvalue weighted by Crippen LogP contribution is -2.42. The standard InChI is InChI=1S/C20H29NO4/c1-20(2,3)10-9-17(19(23)24)21-12-16(11-18(21)22)14-25-13-15-7-5-4-6-8-15/h4-8,16-17H,9-14H2,1-3H3,(H,23,24)/t16?,17-/m0/s1. The number of carboxylic acids is 1. The summed E-state index contributed by atoms with van der Waals surface area (Å²) in [6.45, 7) is 7.70. The Labute approximate surface area is 150 Å². The van der Waals surface area contributed by atoms with Crippen LogP contribution in [0.5, 0.6) is 0 Å². The molecule has 1 aliphatic heterocycles. The Hall–Kier alpha value is -1.88. The number of carboxylic acid groups (broad SMARTS) is 1. The lowest BCUT2D eigenvalue weighted by atomic mass is 9.88. The van der Waals surface area contributed by atoms with Crippen LogP contribution in [0.4, 0.5) is 0 Å². The smallest absolute Gasteiger partial charge is 0.326 e. The van der Waals surface area contributed by atoms with E-state index in [0.29, 0.717) is 32.6 Å². The number of carbonyl (C=O) groups excluding carboxylic acids is 1. The van der Waals surface area contributed by atoms with E-state index in [0.717, 1.165) is 12.0 Å². The highest BCUT2D eigenvalue weighted by Gasteiger charge is 2.38. The number of amides is 1. The predicted octanol–water partition coefficient (Wildman–Crippen LogP) is 3.33. The van der Waals surface area contributed by atoms with Crippen molar-refractivity contribution in [2.24, 2.45) is 11.3 Å². The third kappa shape index (κ3) is 6.16. The average molecular weight is 347 g/mol. The molecule has 0 saturated carbocycles. The molecule has 1 N–H and O–H groups in total. The van der Waals surface area contributed by atoms with Gasteiger partial charge in [-0.3, -0.25) is 4.79 Å². The molecular formula is C20H29NO4. The van der Waals surface area contributed by atoms with Gasteiger partial charge in [0.05, 0.1) is 13.2 Å². The number of rotatable bonds is 8. The quantitative estimate of drug-likeness (QED) is 0.783. The van der Waals surface area contributed by atoms with Gasteiger partial charge < -0.3 is 14.7 Å². The molecule has 0 aliphatic carbocycles. The Morgan fingerprint density at radius 3 is 2.60 bits per heavy atom. The van der Waals surface area contributed by atoms with Gasteiger partial charge in [0, 0.05) is 18.9 Å². The van der Waals surface area contributed by atoms with Gasteiger partial charge in [0.25, 0.3) is 0 Å². The second-order valence-corrected chi connectivity index (χ2v) is 8.07. The first-order chi connectivity index (χ1) is 11.8. The van der Waals surface area contributed by atoms with Crippen LogP contribution >= 0.6 is 0 Å². The summed E-state index contributed by atoms with van der Waals surface area (Å²) >= 11 is 0. The molecule has 1 aromatic carbocycles. The molecule has 1 saturated heterocycles. The summed E-state index contributed by atoms with van der Waals surface area (Å²) in [7, 11) is 0. The van der Waals surface area contributed by atoms with Gasteiger partial charge in [-0.15, -0.1) is 0 Å². The van der Waals surface area contributed by atoms with Crippen molar-refractivity contribution in [2.75, 3.05) is 13.2 Å². The van der Waals surface area contributed by atoms with E-state index >= 15 is 0 Å². The molecule has 25 heavy (non-hydrogen) atoms. The fourth-order valence-electron chi connectivity index (χ4n) is 3.12. The minimum absolute atomic E-state index is 0.0503. The van der Waals surface area contributed by atoms with Gasteiger partial charge in [-0.25, -0.2) is 4.79 Å². The molecule has 0 spiro atoms. The van der Waals surface area contributed by atoms with E-state index in [1.807, 2.05) is 30.3 Å². The van der Waals surface area contributed by atoms with Crippen molar-refractivity contribution in [1.29, 1.82) is 0 Å². The zero-order chi connectivity index (χ0) is 18.4. The van der Waals surface area contributed by atoms with Crippen molar-refractivity contribution in [1.82, 2.24) is 4.90 Å². The lowest BCUT2D eigenvalue weighted by molar-refractivity contribution is -0.148. The van der Waals surface area contributed by atoms with Crippen LogP contribution < -0.4 is 0 Å². The minimum atomic E-state index is -0.913. The minimum Gasteiger partial charge on any atom is -0.480 e. The van der Waals surface area contributed by atoms with Crippen LogP contribution in [-0.4, -0.2) is 41.1 Å². The van der Waals surface area contributed by atoms with Crippen LogP contribution in [0.1, 0.15) is 45.6 Å². The Kier molecular flexibility index (Phi) is 6.59. The Balaban J connectivity index is 1.85. The number of hydrogen-bond donors (Lipinski definition) is 1. The van der Waals surface area contributed by atoms with Gasteiger partial charge in [-0.1, -0.05) is 51.1 Å². The number of ether oxygens (including phenoxy) is 1. The second kappa shape index (κ2) is 8.48. The van der Waals surface area contributed by atoms with E-state index in [4.69, 9.17) is 4.74 Å². The largest absolute Gasteiger partial charge is 0.480 e. The molecule has 0 radical (unpaired) electrons. The molecule has 0 bridgehead atoms. The van der Waals surface area contributed by atoms with Crippen LogP contribution in [-0.2, 0) is 20.9 Å². The van der Waals surface area contributed by atoms with Crippen molar-refractivity contribution in [2.45, 2.75) is 52.7 Å². The Bertz CT molecular complexity index is 579.